The third-order valence-corrected chi connectivity index (χ3v) is 5.86. The van der Waals surface area contributed by atoms with Crippen molar-refractivity contribution < 1.29 is 0 Å². The van der Waals surface area contributed by atoms with E-state index >= 15 is 0 Å². The van der Waals surface area contributed by atoms with Gasteiger partial charge in [-0.05, 0) is 74.3 Å². The highest BCUT2D eigenvalue weighted by Gasteiger charge is 2.21. The van der Waals surface area contributed by atoms with Crippen LogP contribution in [0.3, 0.4) is 0 Å². The van der Waals surface area contributed by atoms with Gasteiger partial charge in [-0.3, -0.25) is 0 Å². The van der Waals surface area contributed by atoms with Gasteiger partial charge >= 0.3 is 0 Å². The summed E-state index contributed by atoms with van der Waals surface area (Å²) >= 11 is 0. The average Bonchev–Trinajstić information content (AvgIpc) is 3.34. The molecule has 138 valence electrons. The van der Waals surface area contributed by atoms with E-state index in [1.807, 2.05) is 6.20 Å². The maximum Gasteiger partial charge on any atom is 0.127 e. The molecule has 0 unspecified atom stereocenters. The molecular formula is C22H25N5. The summed E-state index contributed by atoms with van der Waals surface area (Å²) in [5.74, 6) is 1.54. The summed E-state index contributed by atoms with van der Waals surface area (Å²) in [5, 5.41) is 4.78. The smallest absolute Gasteiger partial charge is 0.127 e. The molecule has 0 radical (unpaired) electrons. The lowest BCUT2D eigenvalue weighted by atomic mass is 9.91. The Hall–Kier alpha value is -2.79. The zero-order valence-corrected chi connectivity index (χ0v) is 15.6. The first-order chi connectivity index (χ1) is 13.3. The quantitative estimate of drug-likeness (QED) is 0.504. The molecule has 1 aromatic carbocycles. The summed E-state index contributed by atoms with van der Waals surface area (Å²) in [4.78, 5) is 14.0. The number of likely N-dealkylation sites (tertiary alicyclic amines) is 1. The van der Waals surface area contributed by atoms with Crippen LogP contribution in [0.2, 0.25) is 0 Å². The van der Waals surface area contributed by atoms with Crippen molar-refractivity contribution in [2.75, 3.05) is 25.5 Å². The van der Waals surface area contributed by atoms with Gasteiger partial charge in [0.2, 0.25) is 0 Å². The number of fused-ring (bicyclic) bond motifs is 2. The molecule has 5 nitrogen and oxygen atoms in total. The minimum absolute atomic E-state index is 0.603. The lowest BCUT2D eigenvalue weighted by Crippen LogP contribution is -2.29. The topological polar surface area (TPSA) is 59.7 Å². The molecule has 1 aliphatic rings. The molecule has 1 aliphatic heterocycles. The van der Waals surface area contributed by atoms with Crippen LogP contribution in [0.4, 0.5) is 5.82 Å². The van der Waals surface area contributed by atoms with E-state index in [2.05, 4.69) is 69.8 Å². The predicted octanol–water partition coefficient (Wildman–Crippen LogP) is 4.47. The fraction of sp³-hybridized carbons (Fsp3) is 0.318. The minimum atomic E-state index is 0.603. The van der Waals surface area contributed by atoms with Crippen LogP contribution >= 0.6 is 0 Å². The van der Waals surface area contributed by atoms with Gasteiger partial charge in [0, 0.05) is 29.8 Å². The highest BCUT2D eigenvalue weighted by Crippen LogP contribution is 2.32. The zero-order chi connectivity index (χ0) is 18.2. The standard InChI is InChI=1S/C22H25N5/c1-27-11-8-15(9-12-27)18-14-24-20-5-6-21(26-22(18)20)25-13-16-3-2-4-19-17(16)7-10-23-19/h2-7,10,14-15,23-24H,8-9,11-13H2,1H3,(H,25,26). The van der Waals surface area contributed by atoms with Crippen molar-refractivity contribution in [1.82, 2.24) is 19.9 Å². The molecule has 1 fully saturated rings. The first kappa shape index (κ1) is 16.4. The number of aromatic nitrogens is 3. The number of nitrogens with one attached hydrogen (secondary N) is 3. The van der Waals surface area contributed by atoms with E-state index in [1.165, 1.54) is 34.9 Å². The number of H-pyrrole nitrogens is 2. The predicted molar refractivity (Wildman–Crippen MR) is 111 cm³/mol. The Morgan fingerprint density at radius 2 is 1.96 bits per heavy atom. The van der Waals surface area contributed by atoms with Crippen molar-refractivity contribution in [3.05, 3.63) is 59.9 Å². The van der Waals surface area contributed by atoms with Gasteiger partial charge < -0.3 is 20.2 Å². The Morgan fingerprint density at radius 1 is 1.07 bits per heavy atom. The van der Waals surface area contributed by atoms with Gasteiger partial charge in [-0.25, -0.2) is 4.98 Å². The van der Waals surface area contributed by atoms with E-state index in [1.54, 1.807) is 0 Å². The van der Waals surface area contributed by atoms with E-state index < -0.39 is 0 Å². The Kier molecular flexibility index (Phi) is 4.09. The third-order valence-electron chi connectivity index (χ3n) is 5.86. The van der Waals surface area contributed by atoms with Crippen molar-refractivity contribution in [3.63, 3.8) is 0 Å². The Morgan fingerprint density at radius 3 is 2.85 bits per heavy atom. The number of pyridine rings is 1. The molecule has 0 amide bonds. The number of benzene rings is 1. The fourth-order valence-electron chi connectivity index (χ4n) is 4.24. The lowest BCUT2D eigenvalue weighted by molar-refractivity contribution is 0.256. The summed E-state index contributed by atoms with van der Waals surface area (Å²) in [6.45, 7) is 3.09. The van der Waals surface area contributed by atoms with Crippen molar-refractivity contribution in [2.24, 2.45) is 0 Å². The monoisotopic (exact) mass is 359 g/mol. The van der Waals surface area contributed by atoms with Crippen molar-refractivity contribution in [3.8, 4) is 0 Å². The number of anilines is 1. The van der Waals surface area contributed by atoms with Crippen LogP contribution in [0.25, 0.3) is 21.9 Å². The van der Waals surface area contributed by atoms with Crippen LogP contribution in [-0.4, -0.2) is 40.0 Å². The van der Waals surface area contributed by atoms with E-state index in [-0.39, 0.29) is 0 Å². The molecule has 3 aromatic heterocycles. The minimum Gasteiger partial charge on any atom is -0.366 e. The number of hydrogen-bond acceptors (Lipinski definition) is 3. The first-order valence-electron chi connectivity index (χ1n) is 9.73. The fourth-order valence-corrected chi connectivity index (χ4v) is 4.24. The van der Waals surface area contributed by atoms with Gasteiger partial charge in [0.25, 0.3) is 0 Å². The van der Waals surface area contributed by atoms with Gasteiger partial charge in [-0.1, -0.05) is 12.1 Å². The molecule has 0 atom stereocenters. The van der Waals surface area contributed by atoms with E-state index in [0.717, 1.165) is 36.5 Å². The lowest BCUT2D eigenvalue weighted by Gasteiger charge is -2.28. The second-order valence-corrected chi connectivity index (χ2v) is 7.62. The first-order valence-corrected chi connectivity index (χ1v) is 9.73. The van der Waals surface area contributed by atoms with Gasteiger partial charge in [0.05, 0.1) is 11.0 Å². The van der Waals surface area contributed by atoms with Crippen LogP contribution in [0.5, 0.6) is 0 Å². The van der Waals surface area contributed by atoms with Crippen molar-refractivity contribution in [2.45, 2.75) is 25.3 Å². The summed E-state index contributed by atoms with van der Waals surface area (Å²) in [6, 6.07) is 12.7. The number of piperidine rings is 1. The maximum absolute atomic E-state index is 4.95. The summed E-state index contributed by atoms with van der Waals surface area (Å²) in [5.41, 5.74) is 6.07. The SMILES string of the molecule is CN1CCC(c2c[nH]c3ccc(NCc4cccc5[nH]ccc45)nc23)CC1. The normalized spacial score (nSPS) is 16.3. The highest BCUT2D eigenvalue weighted by molar-refractivity contribution is 5.83. The van der Waals surface area contributed by atoms with E-state index in [4.69, 9.17) is 4.98 Å². The van der Waals surface area contributed by atoms with E-state index in [9.17, 15) is 0 Å². The molecule has 5 rings (SSSR count). The van der Waals surface area contributed by atoms with Crippen LogP contribution in [0.15, 0.2) is 48.8 Å². The van der Waals surface area contributed by atoms with Crippen LogP contribution < -0.4 is 5.32 Å². The van der Waals surface area contributed by atoms with E-state index in [0.29, 0.717) is 5.92 Å². The summed E-state index contributed by atoms with van der Waals surface area (Å²) < 4.78 is 0. The van der Waals surface area contributed by atoms with Crippen LogP contribution in [0.1, 0.15) is 29.9 Å². The van der Waals surface area contributed by atoms with Crippen molar-refractivity contribution >= 4 is 27.8 Å². The molecule has 4 heterocycles. The van der Waals surface area contributed by atoms with Crippen LogP contribution in [-0.2, 0) is 6.54 Å². The average molecular weight is 359 g/mol. The molecule has 1 saturated heterocycles. The largest absolute Gasteiger partial charge is 0.366 e. The number of hydrogen-bond donors (Lipinski definition) is 3. The van der Waals surface area contributed by atoms with Gasteiger partial charge in [0.15, 0.2) is 0 Å². The van der Waals surface area contributed by atoms with Gasteiger partial charge in [-0.15, -0.1) is 0 Å². The molecule has 27 heavy (non-hydrogen) atoms. The summed E-state index contributed by atoms with van der Waals surface area (Å²) in [6.07, 6.45) is 6.57. The molecule has 4 aromatic rings. The molecule has 0 aliphatic carbocycles. The van der Waals surface area contributed by atoms with Crippen LogP contribution in [0, 0.1) is 0 Å². The van der Waals surface area contributed by atoms with Gasteiger partial charge in [0.1, 0.15) is 5.82 Å². The molecular weight excluding hydrogens is 334 g/mol. The Labute approximate surface area is 158 Å². The number of rotatable bonds is 4. The second-order valence-electron chi connectivity index (χ2n) is 7.62. The van der Waals surface area contributed by atoms with Crippen molar-refractivity contribution in [1.29, 1.82) is 0 Å². The number of aromatic amines is 2. The molecule has 0 saturated carbocycles. The highest BCUT2D eigenvalue weighted by atomic mass is 15.1. The molecule has 0 bridgehead atoms. The second kappa shape index (κ2) is 6.74. The summed E-state index contributed by atoms with van der Waals surface area (Å²) in [7, 11) is 2.21. The Bertz CT molecular complexity index is 1070. The molecule has 3 N–H and O–H groups in total. The maximum atomic E-state index is 4.95. The Balaban J connectivity index is 1.39. The molecule has 0 spiro atoms. The zero-order valence-electron chi connectivity index (χ0n) is 15.6. The number of nitrogens with zero attached hydrogens (tertiary/aromatic N) is 2. The third kappa shape index (κ3) is 3.08. The van der Waals surface area contributed by atoms with Gasteiger partial charge in [-0.2, -0.15) is 0 Å². The molecule has 5 heteroatoms.